The number of benzene rings is 2. The Balaban J connectivity index is 1.75. The molecule has 0 radical (unpaired) electrons. The minimum absolute atomic E-state index is 0.0189. The van der Waals surface area contributed by atoms with Crippen LogP contribution in [0.25, 0.3) is 22.2 Å². The quantitative estimate of drug-likeness (QED) is 0.216. The molecule has 0 saturated carbocycles. The highest BCUT2D eigenvalue weighted by atomic mass is 35.5. The molecule has 2 aromatic carbocycles. The highest BCUT2D eigenvalue weighted by molar-refractivity contribution is 6.35. The largest absolute Gasteiger partial charge is 0.491 e. The van der Waals surface area contributed by atoms with E-state index in [0.717, 1.165) is 23.4 Å². The van der Waals surface area contributed by atoms with Crippen LogP contribution in [0.15, 0.2) is 42.5 Å². The van der Waals surface area contributed by atoms with Gasteiger partial charge in [-0.3, -0.25) is 9.78 Å². The Labute approximate surface area is 243 Å². The summed E-state index contributed by atoms with van der Waals surface area (Å²) in [6, 6.07) is 9.07. The fourth-order valence-corrected chi connectivity index (χ4v) is 4.71. The number of aliphatic hydroxyl groups is 1. The van der Waals surface area contributed by atoms with Crippen LogP contribution in [-0.2, 0) is 5.60 Å². The molecule has 0 aliphatic heterocycles. The van der Waals surface area contributed by atoms with Crippen LogP contribution < -0.4 is 10.1 Å². The molecule has 2 aromatic heterocycles. The maximum absolute atomic E-state index is 14.5. The molecule has 4 rings (SSSR count). The summed E-state index contributed by atoms with van der Waals surface area (Å²) in [7, 11) is 0. The van der Waals surface area contributed by atoms with Crippen molar-refractivity contribution in [1.82, 2.24) is 15.3 Å². The van der Waals surface area contributed by atoms with Gasteiger partial charge in [0.15, 0.2) is 0 Å². The van der Waals surface area contributed by atoms with Gasteiger partial charge in [-0.15, -0.1) is 0 Å². The average Bonchev–Trinajstić information content (AvgIpc) is 2.90. The first kappa shape index (κ1) is 30.5. The molecule has 0 aliphatic rings. The van der Waals surface area contributed by atoms with E-state index in [1.54, 1.807) is 19.9 Å². The van der Waals surface area contributed by atoms with Gasteiger partial charge >= 0.3 is 6.18 Å². The number of carbonyl (C=O) groups is 1. The summed E-state index contributed by atoms with van der Waals surface area (Å²) < 4.78 is 62.8. The number of aromatic nitrogens is 2. The van der Waals surface area contributed by atoms with Gasteiger partial charge in [0, 0.05) is 22.2 Å². The van der Waals surface area contributed by atoms with Crippen molar-refractivity contribution < 1.29 is 32.2 Å². The van der Waals surface area contributed by atoms with Crippen LogP contribution in [0.2, 0.25) is 10.0 Å². The number of amides is 1. The van der Waals surface area contributed by atoms with Crippen molar-refractivity contribution in [2.45, 2.75) is 39.5 Å². The summed E-state index contributed by atoms with van der Waals surface area (Å²) in [5.41, 5.74) is -2.09. The number of ether oxygens (including phenoxy) is 1. The van der Waals surface area contributed by atoms with Crippen molar-refractivity contribution in [3.8, 4) is 17.0 Å². The van der Waals surface area contributed by atoms with Crippen LogP contribution in [0, 0.1) is 26.6 Å². The second-order valence-corrected chi connectivity index (χ2v) is 10.3. The Hall–Kier alpha value is -3.47. The maximum Gasteiger partial charge on any atom is 0.424 e. The zero-order valence-corrected chi connectivity index (χ0v) is 23.9. The third kappa shape index (κ3) is 5.95. The number of rotatable bonds is 7. The molecule has 0 saturated heterocycles. The van der Waals surface area contributed by atoms with E-state index in [0.29, 0.717) is 10.9 Å². The molecule has 1 atom stereocenters. The summed E-state index contributed by atoms with van der Waals surface area (Å²) in [6.45, 7) is 5.68. The maximum atomic E-state index is 14.5. The van der Waals surface area contributed by atoms with Crippen molar-refractivity contribution in [2.75, 3.05) is 13.2 Å². The molecule has 4 aromatic rings. The summed E-state index contributed by atoms with van der Waals surface area (Å²) in [5, 5.41) is 13.6. The minimum Gasteiger partial charge on any atom is -0.491 e. The normalized spacial score (nSPS) is 13.2. The Morgan fingerprint density at radius 3 is 2.34 bits per heavy atom. The van der Waals surface area contributed by atoms with Crippen molar-refractivity contribution >= 4 is 40.0 Å². The Kier molecular flexibility index (Phi) is 8.50. The molecule has 0 fully saturated rings. The number of nitrogens with zero attached hydrogens (tertiary/aromatic N) is 2. The number of carbonyl (C=O) groups excluding carboxylic acids is 1. The molecule has 12 heteroatoms. The van der Waals surface area contributed by atoms with Crippen LogP contribution in [0.4, 0.5) is 17.6 Å². The molecule has 1 amide bonds. The molecule has 41 heavy (non-hydrogen) atoms. The van der Waals surface area contributed by atoms with Crippen LogP contribution >= 0.6 is 23.2 Å². The highest BCUT2D eigenvalue weighted by Gasteiger charge is 2.56. The van der Waals surface area contributed by atoms with Gasteiger partial charge in [0.25, 0.3) is 5.91 Å². The summed E-state index contributed by atoms with van der Waals surface area (Å²) >= 11 is 12.2. The van der Waals surface area contributed by atoms with Crippen LogP contribution in [0.3, 0.4) is 0 Å². The first-order chi connectivity index (χ1) is 19.2. The summed E-state index contributed by atoms with van der Waals surface area (Å²) in [6.07, 6.45) is -5.26. The number of hydrogen-bond donors (Lipinski definition) is 2. The molecule has 0 bridgehead atoms. The van der Waals surface area contributed by atoms with E-state index in [4.69, 9.17) is 27.9 Å². The second kappa shape index (κ2) is 11.4. The Bertz CT molecular complexity index is 1660. The molecular formula is C29H25Cl2F4N3O3. The average molecular weight is 610 g/mol. The lowest BCUT2D eigenvalue weighted by molar-refractivity contribution is -0.265. The van der Waals surface area contributed by atoms with E-state index >= 15 is 0 Å². The smallest absolute Gasteiger partial charge is 0.424 e. The third-order valence-electron chi connectivity index (χ3n) is 6.62. The third-order valence-corrected chi connectivity index (χ3v) is 7.19. The molecule has 6 nitrogen and oxygen atoms in total. The Morgan fingerprint density at radius 1 is 1.00 bits per heavy atom. The monoisotopic (exact) mass is 609 g/mol. The first-order valence-corrected chi connectivity index (χ1v) is 13.2. The summed E-state index contributed by atoms with van der Waals surface area (Å²) in [5.74, 6) is -1.49. The standard InChI is InChI=1S/C29H25Cl2F4N3O3/c1-5-41-26-15(3)9-23(38-25(26)17-6-7-22(32)20(30)11-17)28(40,29(33,34)35)13-36-27(39)19-10-18-8-14(2)16(4)37-24(18)21(31)12-19/h6-12,40H,5,13H2,1-4H3,(H,36,39)/t28-/m0/s1. The Morgan fingerprint density at radius 2 is 1.71 bits per heavy atom. The van der Waals surface area contributed by atoms with E-state index < -0.39 is 35.7 Å². The molecule has 216 valence electrons. The lowest BCUT2D eigenvalue weighted by atomic mass is 9.94. The molecule has 0 unspecified atom stereocenters. The molecule has 0 spiro atoms. The van der Waals surface area contributed by atoms with Crippen molar-refractivity contribution in [2.24, 2.45) is 0 Å². The predicted molar refractivity (Wildman–Crippen MR) is 149 cm³/mol. The van der Waals surface area contributed by atoms with Crippen molar-refractivity contribution in [3.05, 3.63) is 86.4 Å². The van der Waals surface area contributed by atoms with Gasteiger partial charge in [0.05, 0.1) is 34.4 Å². The first-order valence-electron chi connectivity index (χ1n) is 12.4. The van der Waals surface area contributed by atoms with Gasteiger partial charge in [-0.25, -0.2) is 9.37 Å². The SMILES string of the molecule is CCOc1c(C)cc([C@@](O)(CNC(=O)c2cc(Cl)c3nc(C)c(C)cc3c2)C(F)(F)F)nc1-c1ccc(F)c(Cl)c1. The fourth-order valence-electron chi connectivity index (χ4n) is 4.26. The number of nitrogens with one attached hydrogen (secondary N) is 1. The fraction of sp³-hybridized carbons (Fsp3) is 0.276. The number of pyridine rings is 2. The van der Waals surface area contributed by atoms with E-state index in [2.05, 4.69) is 15.3 Å². The van der Waals surface area contributed by atoms with Crippen molar-refractivity contribution in [1.29, 1.82) is 0 Å². The zero-order chi connectivity index (χ0) is 30.3. The van der Waals surface area contributed by atoms with Gasteiger partial charge in [-0.2, -0.15) is 13.2 Å². The number of fused-ring (bicyclic) bond motifs is 1. The number of aryl methyl sites for hydroxylation is 3. The van der Waals surface area contributed by atoms with Gasteiger partial charge in [-0.05, 0) is 81.3 Å². The highest BCUT2D eigenvalue weighted by Crippen LogP contribution is 2.42. The zero-order valence-electron chi connectivity index (χ0n) is 22.4. The van der Waals surface area contributed by atoms with E-state index in [-0.39, 0.29) is 44.8 Å². The summed E-state index contributed by atoms with van der Waals surface area (Å²) in [4.78, 5) is 21.5. The predicted octanol–water partition coefficient (Wildman–Crippen LogP) is 7.25. The van der Waals surface area contributed by atoms with Crippen molar-refractivity contribution in [3.63, 3.8) is 0 Å². The van der Waals surface area contributed by atoms with Gasteiger partial charge in [0.1, 0.15) is 17.3 Å². The minimum atomic E-state index is -5.26. The molecule has 2 heterocycles. The van der Waals surface area contributed by atoms with Crippen LogP contribution in [0.5, 0.6) is 5.75 Å². The van der Waals surface area contributed by atoms with E-state index in [9.17, 15) is 27.5 Å². The molecular weight excluding hydrogens is 585 g/mol. The number of alkyl halides is 3. The molecule has 2 N–H and O–H groups in total. The number of hydrogen-bond acceptors (Lipinski definition) is 5. The van der Waals surface area contributed by atoms with Gasteiger partial charge < -0.3 is 15.2 Å². The second-order valence-electron chi connectivity index (χ2n) is 9.53. The van der Waals surface area contributed by atoms with Crippen LogP contribution in [0.1, 0.15) is 39.8 Å². The molecule has 0 aliphatic carbocycles. The van der Waals surface area contributed by atoms with Gasteiger partial charge in [0.2, 0.25) is 5.60 Å². The number of halogens is 6. The topological polar surface area (TPSA) is 84.3 Å². The van der Waals surface area contributed by atoms with E-state index in [1.807, 2.05) is 6.92 Å². The van der Waals surface area contributed by atoms with Gasteiger partial charge in [-0.1, -0.05) is 23.2 Å². The van der Waals surface area contributed by atoms with Crippen LogP contribution in [-0.4, -0.2) is 40.3 Å². The lowest BCUT2D eigenvalue weighted by Gasteiger charge is -2.31. The lowest BCUT2D eigenvalue weighted by Crippen LogP contribution is -2.51. The van der Waals surface area contributed by atoms with E-state index in [1.165, 1.54) is 31.2 Å².